The van der Waals surface area contributed by atoms with Gasteiger partial charge in [-0.15, -0.1) is 0 Å². The van der Waals surface area contributed by atoms with Crippen LogP contribution in [0.25, 0.3) is 0 Å². The maximum atomic E-state index is 11.0. The number of likely N-dealkylation sites (N-methyl/N-ethyl adjacent to an activating group) is 1. The summed E-state index contributed by atoms with van der Waals surface area (Å²) in [5, 5.41) is 11.0. The van der Waals surface area contributed by atoms with E-state index in [1.165, 1.54) is 0 Å². The molecule has 0 radical (unpaired) electrons. The predicted molar refractivity (Wildman–Crippen MR) is 61.9 cm³/mol. The van der Waals surface area contributed by atoms with Gasteiger partial charge in [0.15, 0.2) is 0 Å². The molecule has 1 aromatic rings. The Balaban J connectivity index is 2.25. The van der Waals surface area contributed by atoms with E-state index in [1.807, 2.05) is 24.1 Å². The maximum Gasteiger partial charge on any atom is 0.233 e. The first-order valence-electron chi connectivity index (χ1n) is 5.25. The number of likely N-dealkylation sites (tertiary alicyclic amines) is 1. The molecule has 2 unspecified atom stereocenters. The molecule has 1 saturated heterocycles. The molecule has 1 aromatic carbocycles. The van der Waals surface area contributed by atoms with Gasteiger partial charge in [0.2, 0.25) is 6.04 Å². The zero-order valence-corrected chi connectivity index (χ0v) is 9.17. The van der Waals surface area contributed by atoms with Crippen LogP contribution in [0.2, 0.25) is 0 Å². The Hall–Kier alpha value is -1.62. The van der Waals surface area contributed by atoms with Crippen LogP contribution in [0.4, 0.5) is 5.69 Å². The first-order chi connectivity index (χ1) is 7.58. The number of nitro groups is 1. The van der Waals surface area contributed by atoms with Crippen molar-refractivity contribution >= 4 is 5.69 Å². The molecule has 2 N–H and O–H groups in total. The van der Waals surface area contributed by atoms with E-state index >= 15 is 0 Å². The summed E-state index contributed by atoms with van der Waals surface area (Å²) in [5.74, 6) is -0.0272. The van der Waals surface area contributed by atoms with Crippen LogP contribution in [-0.2, 0) is 0 Å². The van der Waals surface area contributed by atoms with Crippen molar-refractivity contribution in [2.24, 2.45) is 0 Å². The lowest BCUT2D eigenvalue weighted by molar-refractivity contribution is -0.521. The number of rotatable bonds is 2. The van der Waals surface area contributed by atoms with Gasteiger partial charge in [-0.1, -0.05) is 12.1 Å². The molecule has 0 saturated carbocycles. The molecule has 1 fully saturated rings. The molecule has 1 heterocycles. The Morgan fingerprint density at radius 2 is 2.00 bits per heavy atom. The van der Waals surface area contributed by atoms with Crippen molar-refractivity contribution in [1.29, 1.82) is 0 Å². The minimum Gasteiger partial charge on any atom is -0.399 e. The molecular formula is C11H15N3O2. The molecule has 0 aliphatic carbocycles. The second-order valence-corrected chi connectivity index (χ2v) is 4.35. The van der Waals surface area contributed by atoms with Gasteiger partial charge in [-0.05, 0) is 24.7 Å². The van der Waals surface area contributed by atoms with Crippen molar-refractivity contribution in [3.8, 4) is 0 Å². The third kappa shape index (κ3) is 1.99. The summed E-state index contributed by atoms with van der Waals surface area (Å²) in [6.45, 7) is 1.25. The second kappa shape index (κ2) is 4.09. The van der Waals surface area contributed by atoms with Gasteiger partial charge in [-0.3, -0.25) is 15.0 Å². The molecule has 2 rings (SSSR count). The molecule has 0 bridgehead atoms. The fraction of sp³-hybridized carbons (Fsp3) is 0.455. The monoisotopic (exact) mass is 221 g/mol. The zero-order chi connectivity index (χ0) is 11.7. The fourth-order valence-corrected chi connectivity index (χ4v) is 2.26. The highest BCUT2D eigenvalue weighted by Gasteiger charge is 2.40. The highest BCUT2D eigenvalue weighted by Crippen LogP contribution is 2.28. The Morgan fingerprint density at radius 1 is 1.38 bits per heavy atom. The quantitative estimate of drug-likeness (QED) is 0.458. The Bertz CT molecular complexity index is 391. The summed E-state index contributed by atoms with van der Waals surface area (Å²) in [7, 11) is 1.91. The summed E-state index contributed by atoms with van der Waals surface area (Å²) < 4.78 is 0. The maximum absolute atomic E-state index is 11.0. The van der Waals surface area contributed by atoms with E-state index in [1.54, 1.807) is 12.1 Å². The summed E-state index contributed by atoms with van der Waals surface area (Å²) >= 11 is 0. The average Bonchev–Trinajstić information content (AvgIpc) is 2.61. The molecule has 0 amide bonds. The third-order valence-electron chi connectivity index (χ3n) is 3.11. The van der Waals surface area contributed by atoms with Crippen LogP contribution in [0.3, 0.4) is 0 Å². The van der Waals surface area contributed by atoms with Gasteiger partial charge in [0.05, 0.1) is 12.5 Å². The van der Waals surface area contributed by atoms with E-state index in [2.05, 4.69) is 0 Å². The third-order valence-corrected chi connectivity index (χ3v) is 3.11. The highest BCUT2D eigenvalue weighted by molar-refractivity contribution is 5.40. The van der Waals surface area contributed by atoms with Crippen LogP contribution in [0.1, 0.15) is 11.5 Å². The lowest BCUT2D eigenvalue weighted by Gasteiger charge is -2.12. The molecule has 5 nitrogen and oxygen atoms in total. The van der Waals surface area contributed by atoms with Crippen molar-refractivity contribution < 1.29 is 4.92 Å². The standard InChI is InChI=1S/C11H15N3O2/c1-13-6-10(11(7-13)14(15)16)8-2-4-9(12)5-3-8/h2-5,10-11H,6-7,12H2,1H3. The van der Waals surface area contributed by atoms with Gasteiger partial charge in [0.25, 0.3) is 0 Å². The van der Waals surface area contributed by atoms with E-state index in [9.17, 15) is 10.1 Å². The van der Waals surface area contributed by atoms with Gasteiger partial charge in [-0.2, -0.15) is 0 Å². The molecule has 16 heavy (non-hydrogen) atoms. The van der Waals surface area contributed by atoms with Gasteiger partial charge in [0.1, 0.15) is 0 Å². The van der Waals surface area contributed by atoms with Gasteiger partial charge in [-0.25, -0.2) is 0 Å². The van der Waals surface area contributed by atoms with Crippen LogP contribution in [-0.4, -0.2) is 36.0 Å². The van der Waals surface area contributed by atoms with E-state index in [0.29, 0.717) is 12.2 Å². The number of nitrogen functional groups attached to an aromatic ring is 1. The number of hydrogen-bond acceptors (Lipinski definition) is 4. The first kappa shape index (κ1) is 10.9. The lowest BCUT2D eigenvalue weighted by atomic mass is 9.94. The van der Waals surface area contributed by atoms with E-state index in [4.69, 9.17) is 5.73 Å². The molecule has 1 aliphatic heterocycles. The minimum absolute atomic E-state index is 0.0272. The van der Waals surface area contributed by atoms with E-state index in [0.717, 1.165) is 12.1 Å². The van der Waals surface area contributed by atoms with Gasteiger partial charge >= 0.3 is 0 Å². The summed E-state index contributed by atoms with van der Waals surface area (Å²) in [4.78, 5) is 12.8. The molecule has 0 aromatic heterocycles. The lowest BCUT2D eigenvalue weighted by Crippen LogP contribution is -2.27. The number of hydrogen-bond donors (Lipinski definition) is 1. The van der Waals surface area contributed by atoms with Crippen molar-refractivity contribution in [2.75, 3.05) is 25.9 Å². The highest BCUT2D eigenvalue weighted by atomic mass is 16.6. The van der Waals surface area contributed by atoms with Crippen LogP contribution >= 0.6 is 0 Å². The topological polar surface area (TPSA) is 72.4 Å². The van der Waals surface area contributed by atoms with Crippen LogP contribution < -0.4 is 5.73 Å². The Morgan fingerprint density at radius 3 is 2.56 bits per heavy atom. The Kier molecular flexibility index (Phi) is 2.78. The zero-order valence-electron chi connectivity index (χ0n) is 9.17. The van der Waals surface area contributed by atoms with Crippen molar-refractivity contribution in [3.05, 3.63) is 39.9 Å². The first-order valence-corrected chi connectivity index (χ1v) is 5.25. The summed E-state index contributed by atoms with van der Waals surface area (Å²) in [6.07, 6.45) is 0. The van der Waals surface area contributed by atoms with Crippen molar-refractivity contribution in [3.63, 3.8) is 0 Å². The van der Waals surface area contributed by atoms with Gasteiger partial charge in [0, 0.05) is 17.2 Å². The van der Waals surface area contributed by atoms with Gasteiger partial charge < -0.3 is 5.73 Å². The molecule has 86 valence electrons. The van der Waals surface area contributed by atoms with Crippen molar-refractivity contribution in [2.45, 2.75) is 12.0 Å². The molecular weight excluding hydrogens is 206 g/mol. The van der Waals surface area contributed by atoms with E-state index < -0.39 is 6.04 Å². The average molecular weight is 221 g/mol. The predicted octanol–water partition coefficient (Wildman–Crippen LogP) is 0.943. The second-order valence-electron chi connectivity index (χ2n) is 4.35. The molecule has 0 spiro atoms. The summed E-state index contributed by atoms with van der Waals surface area (Å²) in [6, 6.07) is 6.86. The Labute approximate surface area is 94.0 Å². The molecule has 5 heteroatoms. The van der Waals surface area contributed by atoms with Crippen molar-refractivity contribution in [1.82, 2.24) is 4.90 Å². The van der Waals surface area contributed by atoms with Crippen LogP contribution in [0, 0.1) is 10.1 Å². The smallest absolute Gasteiger partial charge is 0.233 e. The normalized spacial score (nSPS) is 25.8. The minimum atomic E-state index is -0.506. The fourth-order valence-electron chi connectivity index (χ4n) is 2.26. The molecule has 2 atom stereocenters. The van der Waals surface area contributed by atoms with Crippen LogP contribution in [0.5, 0.6) is 0 Å². The number of benzene rings is 1. The number of anilines is 1. The SMILES string of the molecule is CN1CC(c2ccc(N)cc2)C([N+](=O)[O-])C1. The molecule has 1 aliphatic rings. The van der Waals surface area contributed by atoms with E-state index in [-0.39, 0.29) is 10.8 Å². The largest absolute Gasteiger partial charge is 0.399 e. The van der Waals surface area contributed by atoms with Crippen LogP contribution in [0.15, 0.2) is 24.3 Å². The number of nitrogens with two attached hydrogens (primary N) is 1. The summed E-state index contributed by atoms with van der Waals surface area (Å²) in [5.41, 5.74) is 7.29. The number of nitrogens with zero attached hydrogens (tertiary/aromatic N) is 2.